The van der Waals surface area contributed by atoms with Gasteiger partial charge in [-0.1, -0.05) is 30.3 Å². The third kappa shape index (κ3) is 1.69. The Labute approximate surface area is 95.3 Å². The zero-order valence-corrected chi connectivity index (χ0v) is 9.81. The van der Waals surface area contributed by atoms with Crippen LogP contribution in [0, 0.1) is 6.92 Å². The van der Waals surface area contributed by atoms with E-state index >= 15 is 0 Å². The molecule has 2 aromatic rings. The molecule has 84 valence electrons. The van der Waals surface area contributed by atoms with Gasteiger partial charge in [0.05, 0.1) is 11.7 Å². The van der Waals surface area contributed by atoms with Gasteiger partial charge in [-0.15, -0.1) is 0 Å². The lowest BCUT2D eigenvalue weighted by atomic mass is 10.1. The third-order valence-corrected chi connectivity index (χ3v) is 2.65. The van der Waals surface area contributed by atoms with Gasteiger partial charge >= 0.3 is 0 Å². The van der Waals surface area contributed by atoms with E-state index in [2.05, 4.69) is 5.10 Å². The Kier molecular flexibility index (Phi) is 2.69. The smallest absolute Gasteiger partial charge is 0.213 e. The third-order valence-electron chi connectivity index (χ3n) is 2.65. The highest BCUT2D eigenvalue weighted by Crippen LogP contribution is 2.30. The van der Waals surface area contributed by atoms with Crippen molar-refractivity contribution in [3.8, 4) is 17.1 Å². The first-order valence-corrected chi connectivity index (χ1v) is 5.44. The van der Waals surface area contributed by atoms with E-state index in [4.69, 9.17) is 0 Å². The van der Waals surface area contributed by atoms with Gasteiger partial charge in [0, 0.05) is 11.1 Å². The second-order valence-electron chi connectivity index (χ2n) is 4.20. The van der Waals surface area contributed by atoms with E-state index in [1.165, 1.54) is 0 Å². The predicted molar refractivity (Wildman–Crippen MR) is 64.4 cm³/mol. The largest absolute Gasteiger partial charge is 0.493 e. The van der Waals surface area contributed by atoms with E-state index < -0.39 is 0 Å². The highest BCUT2D eigenvalue weighted by molar-refractivity contribution is 5.64. The highest BCUT2D eigenvalue weighted by Gasteiger charge is 2.16. The van der Waals surface area contributed by atoms with Crippen LogP contribution in [0.3, 0.4) is 0 Å². The number of aromatic nitrogens is 2. The first-order chi connectivity index (χ1) is 7.61. The van der Waals surface area contributed by atoms with E-state index in [0.717, 1.165) is 16.8 Å². The van der Waals surface area contributed by atoms with E-state index in [-0.39, 0.29) is 11.9 Å². The summed E-state index contributed by atoms with van der Waals surface area (Å²) in [4.78, 5) is 0. The minimum atomic E-state index is 0.163. The van der Waals surface area contributed by atoms with Crippen LogP contribution in [0.15, 0.2) is 30.3 Å². The molecular weight excluding hydrogens is 200 g/mol. The van der Waals surface area contributed by atoms with Crippen LogP contribution in [-0.2, 0) is 0 Å². The quantitative estimate of drug-likeness (QED) is 0.837. The molecule has 0 radical (unpaired) electrons. The van der Waals surface area contributed by atoms with Crippen LogP contribution in [0.2, 0.25) is 0 Å². The number of hydrogen-bond acceptors (Lipinski definition) is 2. The first-order valence-electron chi connectivity index (χ1n) is 5.44. The molecule has 16 heavy (non-hydrogen) atoms. The fraction of sp³-hybridized carbons (Fsp3) is 0.308. The summed E-state index contributed by atoms with van der Waals surface area (Å²) in [6.45, 7) is 5.89. The van der Waals surface area contributed by atoms with Crippen LogP contribution in [0.5, 0.6) is 5.88 Å². The second kappa shape index (κ2) is 4.00. The molecule has 1 heterocycles. The molecular formula is C13H16N2O. The molecule has 1 aromatic heterocycles. The lowest BCUT2D eigenvalue weighted by Crippen LogP contribution is -2.01. The molecule has 0 bridgehead atoms. The molecule has 3 nitrogen and oxygen atoms in total. The lowest BCUT2D eigenvalue weighted by Gasteiger charge is -2.05. The summed E-state index contributed by atoms with van der Waals surface area (Å²) in [6, 6.07) is 10.1. The summed E-state index contributed by atoms with van der Waals surface area (Å²) in [5.74, 6) is 0.258. The second-order valence-corrected chi connectivity index (χ2v) is 4.20. The maximum absolute atomic E-state index is 9.95. The van der Waals surface area contributed by atoms with Gasteiger partial charge in [0.2, 0.25) is 5.88 Å². The van der Waals surface area contributed by atoms with Crippen LogP contribution in [0.1, 0.15) is 25.5 Å². The zero-order valence-electron chi connectivity index (χ0n) is 9.81. The Morgan fingerprint density at radius 2 is 1.81 bits per heavy atom. The molecule has 2 rings (SSSR count). The van der Waals surface area contributed by atoms with Crippen LogP contribution < -0.4 is 0 Å². The summed E-state index contributed by atoms with van der Waals surface area (Å²) < 4.78 is 1.65. The van der Waals surface area contributed by atoms with Gasteiger partial charge in [0.15, 0.2) is 0 Å². The molecule has 1 N–H and O–H groups in total. The first kappa shape index (κ1) is 10.7. The number of aromatic hydroxyl groups is 1. The molecule has 0 aliphatic heterocycles. The van der Waals surface area contributed by atoms with Crippen molar-refractivity contribution in [1.29, 1.82) is 0 Å². The SMILES string of the molecule is Cc1c(-c2ccccc2)nn(C(C)C)c1O. The molecule has 0 fully saturated rings. The molecule has 0 saturated carbocycles. The summed E-state index contributed by atoms with van der Waals surface area (Å²) in [5.41, 5.74) is 2.72. The van der Waals surface area contributed by atoms with Crippen molar-refractivity contribution in [3.05, 3.63) is 35.9 Å². The summed E-state index contributed by atoms with van der Waals surface area (Å²) >= 11 is 0. The number of rotatable bonds is 2. The van der Waals surface area contributed by atoms with Crippen LogP contribution in [0.4, 0.5) is 0 Å². The van der Waals surface area contributed by atoms with Gasteiger partial charge in [-0.05, 0) is 20.8 Å². The summed E-state index contributed by atoms with van der Waals surface area (Å²) in [5, 5.41) is 14.4. The molecule has 0 amide bonds. The minimum absolute atomic E-state index is 0.163. The normalized spacial score (nSPS) is 11.0. The van der Waals surface area contributed by atoms with Crippen molar-refractivity contribution >= 4 is 0 Å². The van der Waals surface area contributed by atoms with Gasteiger partial charge in [-0.25, -0.2) is 4.68 Å². The molecule has 0 atom stereocenters. The minimum Gasteiger partial charge on any atom is -0.493 e. The number of nitrogens with zero attached hydrogens (tertiary/aromatic N) is 2. The topological polar surface area (TPSA) is 38.0 Å². The lowest BCUT2D eigenvalue weighted by molar-refractivity contribution is 0.375. The predicted octanol–water partition coefficient (Wildman–Crippen LogP) is 3.15. The molecule has 0 aliphatic carbocycles. The van der Waals surface area contributed by atoms with Gasteiger partial charge in [-0.3, -0.25) is 0 Å². The van der Waals surface area contributed by atoms with Gasteiger partial charge in [0.25, 0.3) is 0 Å². The Hall–Kier alpha value is -1.77. The Morgan fingerprint density at radius 3 is 2.31 bits per heavy atom. The Morgan fingerprint density at radius 1 is 1.19 bits per heavy atom. The average Bonchev–Trinajstić information content (AvgIpc) is 2.58. The van der Waals surface area contributed by atoms with Crippen molar-refractivity contribution in [2.45, 2.75) is 26.8 Å². The molecule has 0 saturated heterocycles. The fourth-order valence-corrected chi connectivity index (χ4v) is 1.74. The highest BCUT2D eigenvalue weighted by atomic mass is 16.3. The zero-order chi connectivity index (χ0) is 11.7. The standard InChI is InChI=1S/C13H16N2O/c1-9(2)15-13(16)10(3)12(14-15)11-7-5-4-6-8-11/h4-9,16H,1-3H3. The van der Waals surface area contributed by atoms with Crippen molar-refractivity contribution in [2.24, 2.45) is 0 Å². The van der Waals surface area contributed by atoms with Crippen molar-refractivity contribution in [3.63, 3.8) is 0 Å². The summed E-state index contributed by atoms with van der Waals surface area (Å²) in [6.07, 6.45) is 0. The fourth-order valence-electron chi connectivity index (χ4n) is 1.74. The van der Waals surface area contributed by atoms with Crippen molar-refractivity contribution in [2.75, 3.05) is 0 Å². The molecule has 1 aromatic carbocycles. The average molecular weight is 216 g/mol. The maximum Gasteiger partial charge on any atom is 0.213 e. The van der Waals surface area contributed by atoms with Gasteiger partial charge < -0.3 is 5.11 Å². The molecule has 3 heteroatoms. The maximum atomic E-state index is 9.95. The van der Waals surface area contributed by atoms with E-state index in [1.54, 1.807) is 4.68 Å². The van der Waals surface area contributed by atoms with Crippen LogP contribution >= 0.6 is 0 Å². The van der Waals surface area contributed by atoms with Crippen molar-refractivity contribution in [1.82, 2.24) is 9.78 Å². The van der Waals surface area contributed by atoms with Crippen LogP contribution in [-0.4, -0.2) is 14.9 Å². The number of benzene rings is 1. The van der Waals surface area contributed by atoms with Crippen LogP contribution in [0.25, 0.3) is 11.3 Å². The van der Waals surface area contributed by atoms with Crippen molar-refractivity contribution < 1.29 is 5.11 Å². The van der Waals surface area contributed by atoms with Gasteiger partial charge in [-0.2, -0.15) is 5.10 Å². The number of hydrogen-bond donors (Lipinski definition) is 1. The van der Waals surface area contributed by atoms with E-state index in [0.29, 0.717) is 0 Å². The van der Waals surface area contributed by atoms with Gasteiger partial charge in [0.1, 0.15) is 0 Å². The van der Waals surface area contributed by atoms with E-state index in [9.17, 15) is 5.11 Å². The molecule has 0 spiro atoms. The summed E-state index contributed by atoms with van der Waals surface area (Å²) in [7, 11) is 0. The molecule has 0 unspecified atom stereocenters. The monoisotopic (exact) mass is 216 g/mol. The Bertz CT molecular complexity index is 486. The van der Waals surface area contributed by atoms with E-state index in [1.807, 2.05) is 51.1 Å². The molecule has 0 aliphatic rings. The Balaban J connectivity index is 2.55.